The molecule has 2 aromatic carbocycles. The van der Waals surface area contributed by atoms with E-state index in [9.17, 15) is 9.59 Å². The fourth-order valence-electron chi connectivity index (χ4n) is 4.09. The van der Waals surface area contributed by atoms with E-state index in [1.807, 2.05) is 59.5 Å². The molecule has 1 aromatic heterocycles. The van der Waals surface area contributed by atoms with Gasteiger partial charge < -0.3 is 14.1 Å². The van der Waals surface area contributed by atoms with E-state index in [-0.39, 0.29) is 24.2 Å². The van der Waals surface area contributed by atoms with Gasteiger partial charge in [0.2, 0.25) is 5.89 Å². The smallest absolute Gasteiger partial charge is 0.360 e. The number of benzene rings is 2. The lowest BCUT2D eigenvalue weighted by Gasteiger charge is -2.33. The molecule has 1 saturated carbocycles. The zero-order valence-electron chi connectivity index (χ0n) is 17.6. The molecule has 0 N–H and O–H groups in total. The molecule has 160 valence electrons. The van der Waals surface area contributed by atoms with Crippen LogP contribution in [0.1, 0.15) is 58.8 Å². The number of rotatable bonds is 6. The molecular formula is C25H26N2O4. The number of esters is 1. The summed E-state index contributed by atoms with van der Waals surface area (Å²) in [5.41, 5.74) is 2.92. The zero-order valence-corrected chi connectivity index (χ0v) is 17.6. The van der Waals surface area contributed by atoms with E-state index < -0.39 is 5.97 Å². The number of oxazole rings is 1. The number of nitrogens with zero attached hydrogens (tertiary/aromatic N) is 2. The normalized spacial score (nSPS) is 14.2. The van der Waals surface area contributed by atoms with E-state index in [0.717, 1.165) is 36.8 Å². The van der Waals surface area contributed by atoms with Crippen molar-refractivity contribution < 1.29 is 18.7 Å². The van der Waals surface area contributed by atoms with Gasteiger partial charge in [-0.25, -0.2) is 9.78 Å². The number of carbonyl (C=O) groups is 2. The van der Waals surface area contributed by atoms with Gasteiger partial charge in [-0.15, -0.1) is 0 Å². The van der Waals surface area contributed by atoms with Gasteiger partial charge in [-0.05, 0) is 36.1 Å². The van der Waals surface area contributed by atoms with Crippen molar-refractivity contribution >= 4 is 11.9 Å². The fourth-order valence-corrected chi connectivity index (χ4v) is 4.09. The van der Waals surface area contributed by atoms with E-state index in [1.165, 1.54) is 19.8 Å². The Morgan fingerprint density at radius 1 is 1.00 bits per heavy atom. The standard InChI is InChI=1S/C25H26N2O4/c1-30-25(29)22-17-31-23(26-22)16-27(21-10-6-3-7-11-21)24(28)20-14-12-19(13-15-20)18-8-4-2-5-9-18/h2,4-5,8-9,12-15,17,21H,3,6-7,10-11,16H2,1H3. The summed E-state index contributed by atoms with van der Waals surface area (Å²) in [4.78, 5) is 31.2. The molecule has 1 fully saturated rings. The summed E-state index contributed by atoms with van der Waals surface area (Å²) in [6.45, 7) is 0.223. The quantitative estimate of drug-likeness (QED) is 0.521. The van der Waals surface area contributed by atoms with Crippen molar-refractivity contribution in [3.05, 3.63) is 78.0 Å². The van der Waals surface area contributed by atoms with Crippen molar-refractivity contribution in [2.45, 2.75) is 44.7 Å². The van der Waals surface area contributed by atoms with E-state index in [1.54, 1.807) is 0 Å². The minimum Gasteiger partial charge on any atom is -0.464 e. The average molecular weight is 418 g/mol. The second-order valence-corrected chi connectivity index (χ2v) is 7.79. The van der Waals surface area contributed by atoms with Crippen LogP contribution in [0, 0.1) is 0 Å². The van der Waals surface area contributed by atoms with Crippen LogP contribution in [0.15, 0.2) is 65.3 Å². The van der Waals surface area contributed by atoms with Crippen molar-refractivity contribution in [1.82, 2.24) is 9.88 Å². The van der Waals surface area contributed by atoms with Gasteiger partial charge in [-0.2, -0.15) is 0 Å². The third-order valence-electron chi connectivity index (χ3n) is 5.77. The van der Waals surface area contributed by atoms with E-state index in [4.69, 9.17) is 9.15 Å². The van der Waals surface area contributed by atoms with Gasteiger partial charge in [0.05, 0.1) is 13.7 Å². The number of hydrogen-bond donors (Lipinski definition) is 0. The molecule has 3 aromatic rings. The molecular weight excluding hydrogens is 392 g/mol. The van der Waals surface area contributed by atoms with Crippen molar-refractivity contribution in [2.24, 2.45) is 0 Å². The van der Waals surface area contributed by atoms with Gasteiger partial charge >= 0.3 is 5.97 Å². The third kappa shape index (κ3) is 4.85. The molecule has 0 unspecified atom stereocenters. The maximum Gasteiger partial charge on any atom is 0.360 e. The molecule has 1 amide bonds. The monoisotopic (exact) mass is 418 g/mol. The molecule has 6 nitrogen and oxygen atoms in total. The molecule has 1 aliphatic carbocycles. The Morgan fingerprint density at radius 2 is 1.68 bits per heavy atom. The first-order chi connectivity index (χ1) is 15.2. The van der Waals surface area contributed by atoms with Crippen LogP contribution < -0.4 is 0 Å². The average Bonchev–Trinajstić information content (AvgIpc) is 3.31. The maximum atomic E-state index is 13.5. The lowest BCUT2D eigenvalue weighted by molar-refractivity contribution is 0.0590. The third-order valence-corrected chi connectivity index (χ3v) is 5.77. The summed E-state index contributed by atoms with van der Waals surface area (Å²) < 4.78 is 10.2. The number of hydrogen-bond acceptors (Lipinski definition) is 5. The molecule has 0 atom stereocenters. The molecule has 31 heavy (non-hydrogen) atoms. The SMILES string of the molecule is COC(=O)c1coc(CN(C(=O)c2ccc(-c3ccccc3)cc2)C2CCCCC2)n1. The predicted octanol–water partition coefficient (Wildman–Crippen LogP) is 5.10. The van der Waals surface area contributed by atoms with Crippen molar-refractivity contribution in [1.29, 1.82) is 0 Å². The Balaban J connectivity index is 1.56. The second-order valence-electron chi connectivity index (χ2n) is 7.79. The van der Waals surface area contributed by atoms with Crippen molar-refractivity contribution in [3.63, 3.8) is 0 Å². The van der Waals surface area contributed by atoms with Crippen LogP contribution in [0.2, 0.25) is 0 Å². The predicted molar refractivity (Wildman–Crippen MR) is 116 cm³/mol. The molecule has 0 spiro atoms. The Kier molecular flexibility index (Phi) is 6.46. The number of methoxy groups -OCH3 is 1. The molecule has 0 bridgehead atoms. The van der Waals surface area contributed by atoms with Crippen LogP contribution in [0.5, 0.6) is 0 Å². The van der Waals surface area contributed by atoms with Gasteiger partial charge in [-0.3, -0.25) is 4.79 Å². The first-order valence-electron chi connectivity index (χ1n) is 10.6. The van der Waals surface area contributed by atoms with E-state index >= 15 is 0 Å². The van der Waals surface area contributed by atoms with Crippen LogP contribution in [-0.2, 0) is 11.3 Å². The van der Waals surface area contributed by atoms with Crippen LogP contribution in [0.3, 0.4) is 0 Å². The highest BCUT2D eigenvalue weighted by atomic mass is 16.5. The van der Waals surface area contributed by atoms with Crippen molar-refractivity contribution in [2.75, 3.05) is 7.11 Å². The zero-order chi connectivity index (χ0) is 21.6. The Bertz CT molecular complexity index is 1020. The second kappa shape index (κ2) is 9.60. The molecule has 1 aliphatic rings. The molecule has 0 aliphatic heterocycles. The van der Waals surface area contributed by atoms with Gasteiger partial charge in [0.1, 0.15) is 6.26 Å². The summed E-state index contributed by atoms with van der Waals surface area (Å²) >= 11 is 0. The van der Waals surface area contributed by atoms with Gasteiger partial charge in [0.15, 0.2) is 5.69 Å². The summed E-state index contributed by atoms with van der Waals surface area (Å²) in [6, 6.07) is 17.9. The summed E-state index contributed by atoms with van der Waals surface area (Å²) in [7, 11) is 1.30. The van der Waals surface area contributed by atoms with Gasteiger partial charge in [0.25, 0.3) is 5.91 Å². The topological polar surface area (TPSA) is 72.6 Å². The number of amides is 1. The van der Waals surface area contributed by atoms with Crippen LogP contribution in [0.4, 0.5) is 0 Å². The Hall–Kier alpha value is -3.41. The highest BCUT2D eigenvalue weighted by molar-refractivity contribution is 5.95. The first-order valence-corrected chi connectivity index (χ1v) is 10.6. The molecule has 1 heterocycles. The number of aromatic nitrogens is 1. The largest absolute Gasteiger partial charge is 0.464 e. The minimum atomic E-state index is -0.554. The minimum absolute atomic E-state index is 0.0515. The summed E-state index contributed by atoms with van der Waals surface area (Å²) in [5, 5.41) is 0. The number of ether oxygens (including phenoxy) is 1. The Labute approximate surface area is 181 Å². The molecule has 0 saturated heterocycles. The lowest BCUT2D eigenvalue weighted by atomic mass is 9.93. The molecule has 6 heteroatoms. The highest BCUT2D eigenvalue weighted by Gasteiger charge is 2.28. The van der Waals surface area contributed by atoms with E-state index in [2.05, 4.69) is 4.98 Å². The lowest BCUT2D eigenvalue weighted by Crippen LogP contribution is -2.41. The highest BCUT2D eigenvalue weighted by Crippen LogP contribution is 2.27. The Morgan fingerprint density at radius 3 is 2.35 bits per heavy atom. The van der Waals surface area contributed by atoms with Crippen LogP contribution >= 0.6 is 0 Å². The molecule has 4 rings (SSSR count). The summed E-state index contributed by atoms with van der Waals surface area (Å²) in [6.07, 6.45) is 6.58. The maximum absolute atomic E-state index is 13.5. The van der Waals surface area contributed by atoms with E-state index in [0.29, 0.717) is 11.5 Å². The van der Waals surface area contributed by atoms with Crippen molar-refractivity contribution in [3.8, 4) is 11.1 Å². The van der Waals surface area contributed by atoms with Crippen LogP contribution in [0.25, 0.3) is 11.1 Å². The molecule has 0 radical (unpaired) electrons. The van der Waals surface area contributed by atoms with Gasteiger partial charge in [-0.1, -0.05) is 61.7 Å². The summed E-state index contributed by atoms with van der Waals surface area (Å²) in [5.74, 6) is -0.272. The fraction of sp³-hybridized carbons (Fsp3) is 0.320. The number of carbonyl (C=O) groups excluding carboxylic acids is 2. The van der Waals surface area contributed by atoms with Gasteiger partial charge in [0, 0.05) is 11.6 Å². The van der Waals surface area contributed by atoms with Crippen LogP contribution in [-0.4, -0.2) is 34.9 Å². The first kappa shape index (κ1) is 20.8.